The molecule has 0 fully saturated rings. The number of nitrogens with zero attached hydrogens (tertiary/aromatic N) is 4. The van der Waals surface area contributed by atoms with Gasteiger partial charge in [0.15, 0.2) is 0 Å². The van der Waals surface area contributed by atoms with E-state index in [4.69, 9.17) is 0 Å². The minimum absolute atomic E-state index is 0.172. The molecule has 0 unspecified atom stereocenters. The van der Waals surface area contributed by atoms with Crippen LogP contribution in [0.25, 0.3) is 21.8 Å². The Kier molecular flexibility index (Phi) is 5.55. The lowest BCUT2D eigenvalue weighted by molar-refractivity contribution is -0.00304. The highest BCUT2D eigenvalue weighted by Gasteiger charge is 2.53. The zero-order valence-corrected chi connectivity index (χ0v) is 16.7. The van der Waals surface area contributed by atoms with Crippen LogP contribution in [0.5, 0.6) is 0 Å². The van der Waals surface area contributed by atoms with E-state index in [1.165, 1.54) is 36.4 Å². The summed E-state index contributed by atoms with van der Waals surface area (Å²) in [7, 11) is -10.2. The molecule has 150 valence electrons. The van der Waals surface area contributed by atoms with Gasteiger partial charge in [0.05, 0.1) is 4.90 Å². The summed E-state index contributed by atoms with van der Waals surface area (Å²) in [4.78, 5) is 16.9. The van der Waals surface area contributed by atoms with E-state index < -0.39 is 39.8 Å². The smallest absolute Gasteiger partial charge is 0.360 e. The van der Waals surface area contributed by atoms with E-state index in [1.807, 2.05) is 0 Å². The molecule has 0 amide bonds. The molecule has 0 spiro atoms. The predicted molar refractivity (Wildman–Crippen MR) is 108 cm³/mol. The molecular weight excluding hydrogens is 428 g/mol. The summed E-state index contributed by atoms with van der Waals surface area (Å²) in [5.41, 5.74) is 18.3. The molecule has 0 aliphatic rings. The molecule has 0 saturated carbocycles. The third-order valence-electron chi connectivity index (χ3n) is 4.15. The van der Waals surface area contributed by atoms with Crippen molar-refractivity contribution in [2.24, 2.45) is 0 Å². The molecule has 0 aliphatic carbocycles. The van der Waals surface area contributed by atoms with Gasteiger partial charge in [-0.05, 0) is 22.9 Å². The Morgan fingerprint density at radius 2 is 1.33 bits per heavy atom. The fourth-order valence-corrected chi connectivity index (χ4v) is 5.97. The second kappa shape index (κ2) is 7.94. The van der Waals surface area contributed by atoms with Crippen LogP contribution in [-0.2, 0) is 19.7 Å². The van der Waals surface area contributed by atoms with Crippen LogP contribution in [0, 0.1) is 0 Å². The molecular formula is C19H12N4O5S2. The summed E-state index contributed by atoms with van der Waals surface area (Å²) < 4.78 is 49.7. The third kappa shape index (κ3) is 3.61. The number of sulfone groups is 2. The molecule has 0 saturated heterocycles. The number of Topliss-reactive ketones (excluding diaryl/α,β-unsaturated/α-hetero) is 1. The van der Waals surface area contributed by atoms with Crippen LogP contribution in [0.2, 0.25) is 0 Å². The Bertz CT molecular complexity index is 1480. The SMILES string of the molecule is [N-]=[N+]=C(C(=O)c1ccccc1)S(=O)(=O)C(=[N+]=[N-])S(=O)(=O)c1ccc2ccccc2c1. The predicted octanol–water partition coefficient (Wildman–Crippen LogP) is 2.13. The van der Waals surface area contributed by atoms with Crippen molar-refractivity contribution in [2.75, 3.05) is 0 Å². The zero-order chi connectivity index (χ0) is 21.9. The van der Waals surface area contributed by atoms with Crippen molar-refractivity contribution in [2.45, 2.75) is 4.90 Å². The average Bonchev–Trinajstić information content (AvgIpc) is 2.74. The largest absolute Gasteiger partial charge is 0.511 e. The van der Waals surface area contributed by atoms with Crippen molar-refractivity contribution in [1.82, 2.24) is 0 Å². The lowest BCUT2D eigenvalue weighted by Gasteiger charge is -2.03. The minimum atomic E-state index is -5.31. The minimum Gasteiger partial charge on any atom is -0.360 e. The fraction of sp³-hybridized carbons (Fsp3) is 0. The number of ketones is 1. The molecule has 0 N–H and O–H groups in total. The summed E-state index contributed by atoms with van der Waals surface area (Å²) in [5, 5.41) is -0.311. The summed E-state index contributed by atoms with van der Waals surface area (Å²) in [6, 6.07) is 17.4. The molecule has 0 aliphatic heterocycles. The van der Waals surface area contributed by atoms with Crippen molar-refractivity contribution >= 4 is 45.6 Å². The summed E-state index contributed by atoms with van der Waals surface area (Å²) in [6.45, 7) is 0. The molecule has 0 atom stereocenters. The highest BCUT2D eigenvalue weighted by molar-refractivity contribution is 8.37. The molecule has 0 heterocycles. The van der Waals surface area contributed by atoms with Crippen molar-refractivity contribution in [3.63, 3.8) is 0 Å². The van der Waals surface area contributed by atoms with E-state index >= 15 is 0 Å². The van der Waals surface area contributed by atoms with E-state index in [0.717, 1.165) is 6.07 Å². The quantitative estimate of drug-likeness (QED) is 0.200. The Hall–Kier alpha value is -3.75. The first kappa shape index (κ1) is 21.0. The summed E-state index contributed by atoms with van der Waals surface area (Å²) in [6.07, 6.45) is 0. The van der Waals surface area contributed by atoms with Gasteiger partial charge in [0, 0.05) is 5.56 Å². The Morgan fingerprint density at radius 3 is 1.93 bits per heavy atom. The van der Waals surface area contributed by atoms with Crippen LogP contribution in [0.1, 0.15) is 10.4 Å². The van der Waals surface area contributed by atoms with E-state index in [2.05, 4.69) is 9.58 Å². The number of hydrogen-bond donors (Lipinski definition) is 0. The number of carbonyl (C=O) groups excluding carboxylic acids is 1. The van der Waals surface area contributed by atoms with E-state index in [1.54, 1.807) is 30.3 Å². The molecule has 0 aromatic heterocycles. The zero-order valence-electron chi connectivity index (χ0n) is 15.1. The first-order chi connectivity index (χ1) is 14.2. The Balaban J connectivity index is 2.14. The van der Waals surface area contributed by atoms with Gasteiger partial charge in [-0.15, -0.1) is 9.58 Å². The van der Waals surface area contributed by atoms with Crippen molar-refractivity contribution in [3.8, 4) is 0 Å². The van der Waals surface area contributed by atoms with Crippen LogP contribution in [0.3, 0.4) is 0 Å². The van der Waals surface area contributed by atoms with Crippen LogP contribution >= 0.6 is 0 Å². The van der Waals surface area contributed by atoms with Gasteiger partial charge in [0.1, 0.15) is 0 Å². The highest BCUT2D eigenvalue weighted by Crippen LogP contribution is 2.22. The lowest BCUT2D eigenvalue weighted by Crippen LogP contribution is -2.36. The van der Waals surface area contributed by atoms with Gasteiger partial charge in [-0.3, -0.25) is 4.79 Å². The maximum Gasteiger partial charge on any atom is 0.511 e. The molecule has 11 heteroatoms. The maximum absolute atomic E-state index is 12.9. The van der Waals surface area contributed by atoms with E-state index in [9.17, 15) is 32.7 Å². The first-order valence-corrected chi connectivity index (χ1v) is 11.2. The summed E-state index contributed by atoms with van der Waals surface area (Å²) >= 11 is 0. The molecule has 3 rings (SSSR count). The number of carbonyl (C=O) groups is 1. The monoisotopic (exact) mass is 440 g/mol. The molecule has 0 radical (unpaired) electrons. The number of hydrogen-bond acceptors (Lipinski definition) is 5. The van der Waals surface area contributed by atoms with Crippen molar-refractivity contribution in [1.29, 1.82) is 0 Å². The van der Waals surface area contributed by atoms with Gasteiger partial charge in [0.2, 0.25) is 0 Å². The topological polar surface area (TPSA) is 158 Å². The molecule has 9 nitrogen and oxygen atoms in total. The van der Waals surface area contributed by atoms with Gasteiger partial charge in [-0.1, -0.05) is 60.7 Å². The first-order valence-electron chi connectivity index (χ1n) is 8.26. The summed E-state index contributed by atoms with van der Waals surface area (Å²) in [5.74, 6) is -1.27. The van der Waals surface area contributed by atoms with Gasteiger partial charge in [-0.2, -0.15) is 0 Å². The van der Waals surface area contributed by atoms with Crippen LogP contribution in [0.4, 0.5) is 0 Å². The number of fused-ring (bicyclic) bond motifs is 1. The fourth-order valence-electron chi connectivity index (χ4n) is 2.70. The lowest BCUT2D eigenvalue weighted by atomic mass is 10.1. The van der Waals surface area contributed by atoms with Crippen molar-refractivity contribution in [3.05, 3.63) is 89.4 Å². The molecule has 3 aromatic carbocycles. The number of rotatable bonds is 3. The van der Waals surface area contributed by atoms with E-state index in [-0.39, 0.29) is 5.56 Å². The van der Waals surface area contributed by atoms with Crippen LogP contribution in [0.15, 0.2) is 77.7 Å². The van der Waals surface area contributed by atoms with Gasteiger partial charge in [-0.25, -0.2) is 16.8 Å². The van der Waals surface area contributed by atoms with Crippen molar-refractivity contribution < 1.29 is 31.2 Å². The normalized spacial score (nSPS) is 11.3. The van der Waals surface area contributed by atoms with E-state index in [0.29, 0.717) is 10.8 Å². The average molecular weight is 440 g/mol. The second-order valence-electron chi connectivity index (χ2n) is 5.98. The Morgan fingerprint density at radius 1 is 0.733 bits per heavy atom. The molecule has 30 heavy (non-hydrogen) atoms. The highest BCUT2D eigenvalue weighted by atomic mass is 32.3. The van der Waals surface area contributed by atoms with Gasteiger partial charge in [0.25, 0.3) is 15.6 Å². The third-order valence-corrected chi connectivity index (χ3v) is 8.20. The Labute approximate surface area is 171 Å². The van der Waals surface area contributed by atoms with Crippen LogP contribution < -0.4 is 0 Å². The van der Waals surface area contributed by atoms with Crippen LogP contribution in [-0.4, -0.2) is 41.6 Å². The maximum atomic E-state index is 12.9. The standard InChI is InChI=1S/C19H12N4O5S2/c20-22-18(17(24)14-7-2-1-3-8-14)30(27,28)19(23-21)29(25,26)16-11-10-13-6-4-5-9-15(13)12-16/h1-12H. The second-order valence-corrected chi connectivity index (χ2v) is 9.89. The van der Waals surface area contributed by atoms with Gasteiger partial charge < -0.3 is 11.1 Å². The molecule has 0 bridgehead atoms. The number of benzene rings is 3. The molecule has 3 aromatic rings. The van der Waals surface area contributed by atoms with Gasteiger partial charge >= 0.3 is 19.3 Å².